The first-order valence-electron chi connectivity index (χ1n) is 5.27. The van der Waals surface area contributed by atoms with Crippen molar-refractivity contribution in [2.75, 3.05) is 4.90 Å². The molecule has 0 bridgehead atoms. The molecule has 102 valence electrons. The molecule has 1 aromatic rings. The molecule has 1 aromatic heterocycles. The Morgan fingerprint density at radius 2 is 2.00 bits per heavy atom. The number of carboxylic acids is 1. The predicted octanol–water partition coefficient (Wildman–Crippen LogP) is 1.23. The van der Waals surface area contributed by atoms with Gasteiger partial charge in [0.15, 0.2) is 0 Å². The predicted molar refractivity (Wildman–Crippen MR) is 55.6 cm³/mol. The van der Waals surface area contributed by atoms with E-state index in [2.05, 4.69) is 9.97 Å². The van der Waals surface area contributed by atoms with Crippen LogP contribution in [0, 0.1) is 0 Å². The number of alkyl halides is 3. The number of nitrogens with zero attached hydrogens (tertiary/aromatic N) is 3. The summed E-state index contributed by atoms with van der Waals surface area (Å²) >= 11 is 0. The Hall–Kier alpha value is -2.19. The summed E-state index contributed by atoms with van der Waals surface area (Å²) in [5.74, 6) is -4.53. The number of aromatic carboxylic acids is 1. The van der Waals surface area contributed by atoms with Gasteiger partial charge in [-0.15, -0.1) is 0 Å². The van der Waals surface area contributed by atoms with Crippen molar-refractivity contribution in [2.24, 2.45) is 0 Å². The van der Waals surface area contributed by atoms with E-state index >= 15 is 0 Å². The van der Waals surface area contributed by atoms with Crippen molar-refractivity contribution in [3.05, 3.63) is 18.1 Å². The molecule has 1 fully saturated rings. The van der Waals surface area contributed by atoms with Crippen molar-refractivity contribution in [3.8, 4) is 0 Å². The second-order valence-corrected chi connectivity index (χ2v) is 3.95. The third-order valence-corrected chi connectivity index (χ3v) is 2.45. The van der Waals surface area contributed by atoms with Gasteiger partial charge in [-0.3, -0.25) is 9.69 Å². The summed E-state index contributed by atoms with van der Waals surface area (Å²) in [4.78, 5) is 29.3. The number of carbonyl (C=O) groups excluding carboxylic acids is 1. The van der Waals surface area contributed by atoms with E-state index in [1.165, 1.54) is 0 Å². The fourth-order valence-corrected chi connectivity index (χ4v) is 1.51. The first-order chi connectivity index (χ1) is 8.80. The fraction of sp³-hybridized carbons (Fsp3) is 0.400. The Bertz CT molecular complexity index is 528. The molecule has 1 aliphatic carbocycles. The van der Waals surface area contributed by atoms with Crippen molar-refractivity contribution in [1.82, 2.24) is 9.97 Å². The van der Waals surface area contributed by atoms with Crippen LogP contribution in [0.25, 0.3) is 0 Å². The van der Waals surface area contributed by atoms with E-state index in [-0.39, 0.29) is 5.82 Å². The maximum atomic E-state index is 12.5. The van der Waals surface area contributed by atoms with E-state index in [1.54, 1.807) is 0 Å². The molecule has 0 atom stereocenters. The molecule has 1 N–H and O–H groups in total. The number of halogens is 3. The number of hydrogen-bond acceptors (Lipinski definition) is 4. The van der Waals surface area contributed by atoms with Crippen LogP contribution in [-0.2, 0) is 4.79 Å². The Labute approximate surface area is 104 Å². The summed E-state index contributed by atoms with van der Waals surface area (Å²) in [6.45, 7) is 0. The molecule has 0 saturated heterocycles. The van der Waals surface area contributed by atoms with Gasteiger partial charge in [0.1, 0.15) is 5.82 Å². The Kier molecular flexibility index (Phi) is 3.13. The van der Waals surface area contributed by atoms with Crippen molar-refractivity contribution in [2.45, 2.75) is 25.1 Å². The molecule has 1 aliphatic rings. The lowest BCUT2D eigenvalue weighted by atomic mass is 10.4. The third kappa shape index (κ3) is 2.80. The Balaban J connectivity index is 2.37. The van der Waals surface area contributed by atoms with Gasteiger partial charge in [0.2, 0.25) is 5.82 Å². The first kappa shape index (κ1) is 13.2. The summed E-state index contributed by atoms with van der Waals surface area (Å²) in [6, 6.07) is 0.486. The average molecular weight is 275 g/mol. The summed E-state index contributed by atoms with van der Waals surface area (Å²) < 4.78 is 37.4. The second-order valence-electron chi connectivity index (χ2n) is 3.95. The summed E-state index contributed by atoms with van der Waals surface area (Å²) in [5.41, 5.74) is 0. The zero-order chi connectivity index (χ0) is 14.2. The van der Waals surface area contributed by atoms with E-state index in [0.717, 1.165) is 12.3 Å². The third-order valence-electron chi connectivity index (χ3n) is 2.45. The SMILES string of the molecule is O=C(O)c1nccc(N(C(=O)C(F)(F)F)C2CC2)n1. The zero-order valence-electron chi connectivity index (χ0n) is 9.39. The maximum absolute atomic E-state index is 12.5. The van der Waals surface area contributed by atoms with E-state index in [9.17, 15) is 22.8 Å². The van der Waals surface area contributed by atoms with Gasteiger partial charge in [0.05, 0.1) is 0 Å². The normalized spacial score (nSPS) is 15.1. The van der Waals surface area contributed by atoms with Crippen LogP contribution in [0.2, 0.25) is 0 Å². The molecule has 6 nitrogen and oxygen atoms in total. The summed E-state index contributed by atoms with van der Waals surface area (Å²) in [5, 5.41) is 8.69. The van der Waals surface area contributed by atoms with Crippen LogP contribution in [0.15, 0.2) is 12.3 Å². The number of hydrogen-bond donors (Lipinski definition) is 1. The van der Waals surface area contributed by atoms with Crippen molar-refractivity contribution in [3.63, 3.8) is 0 Å². The molecule has 1 saturated carbocycles. The van der Waals surface area contributed by atoms with Crippen LogP contribution >= 0.6 is 0 Å². The number of carbonyl (C=O) groups is 2. The summed E-state index contributed by atoms with van der Waals surface area (Å²) in [7, 11) is 0. The number of amides is 1. The van der Waals surface area contributed by atoms with Gasteiger partial charge in [-0.25, -0.2) is 14.8 Å². The minimum atomic E-state index is -5.03. The van der Waals surface area contributed by atoms with Gasteiger partial charge in [0.25, 0.3) is 0 Å². The second kappa shape index (κ2) is 4.48. The molecular weight excluding hydrogens is 267 g/mol. The molecule has 9 heteroatoms. The molecule has 0 aliphatic heterocycles. The Morgan fingerprint density at radius 3 is 2.47 bits per heavy atom. The van der Waals surface area contributed by atoms with Gasteiger partial charge in [-0.05, 0) is 18.9 Å². The van der Waals surface area contributed by atoms with Crippen molar-refractivity contribution in [1.29, 1.82) is 0 Å². The van der Waals surface area contributed by atoms with Gasteiger partial charge >= 0.3 is 18.1 Å². The molecule has 19 heavy (non-hydrogen) atoms. The lowest BCUT2D eigenvalue weighted by molar-refractivity contribution is -0.170. The quantitative estimate of drug-likeness (QED) is 0.897. The van der Waals surface area contributed by atoms with E-state index in [1.807, 2.05) is 0 Å². The van der Waals surface area contributed by atoms with Crippen molar-refractivity contribution < 1.29 is 27.9 Å². The molecule has 2 rings (SSSR count). The first-order valence-corrected chi connectivity index (χ1v) is 5.27. The number of aromatic nitrogens is 2. The summed E-state index contributed by atoms with van der Waals surface area (Å²) in [6.07, 6.45) is -3.18. The van der Waals surface area contributed by atoms with Gasteiger partial charge in [-0.1, -0.05) is 0 Å². The zero-order valence-corrected chi connectivity index (χ0v) is 9.39. The number of rotatable bonds is 3. The lowest BCUT2D eigenvalue weighted by Crippen LogP contribution is -2.43. The highest BCUT2D eigenvalue weighted by atomic mass is 19.4. The largest absolute Gasteiger partial charge is 0.475 e. The minimum absolute atomic E-state index is 0.350. The van der Waals surface area contributed by atoms with Crippen LogP contribution in [0.1, 0.15) is 23.5 Å². The van der Waals surface area contributed by atoms with E-state index < -0.39 is 29.9 Å². The van der Waals surface area contributed by atoms with E-state index in [0.29, 0.717) is 17.7 Å². The molecule has 0 aromatic carbocycles. The highest BCUT2D eigenvalue weighted by Crippen LogP contribution is 2.34. The monoisotopic (exact) mass is 275 g/mol. The van der Waals surface area contributed by atoms with Gasteiger partial charge < -0.3 is 5.11 Å². The minimum Gasteiger partial charge on any atom is -0.475 e. The lowest BCUT2D eigenvalue weighted by Gasteiger charge is -2.22. The average Bonchev–Trinajstić information content (AvgIpc) is 3.13. The van der Waals surface area contributed by atoms with E-state index in [4.69, 9.17) is 5.11 Å². The molecule has 0 radical (unpaired) electrons. The van der Waals surface area contributed by atoms with Gasteiger partial charge in [0, 0.05) is 12.2 Å². The van der Waals surface area contributed by atoms with Crippen LogP contribution in [-0.4, -0.2) is 39.2 Å². The number of carboxylic acid groups (broad SMARTS) is 1. The fourth-order valence-electron chi connectivity index (χ4n) is 1.51. The number of anilines is 1. The molecular formula is C10H8F3N3O3. The van der Waals surface area contributed by atoms with Gasteiger partial charge in [-0.2, -0.15) is 13.2 Å². The van der Waals surface area contributed by atoms with Crippen molar-refractivity contribution >= 4 is 17.7 Å². The molecule has 1 heterocycles. The topological polar surface area (TPSA) is 83.4 Å². The maximum Gasteiger partial charge on any atom is 0.471 e. The highest BCUT2D eigenvalue weighted by Gasteiger charge is 2.48. The van der Waals surface area contributed by atoms with Crippen LogP contribution in [0.3, 0.4) is 0 Å². The molecule has 0 unspecified atom stereocenters. The van der Waals surface area contributed by atoms with Crippen LogP contribution < -0.4 is 4.90 Å². The Morgan fingerprint density at radius 1 is 1.37 bits per heavy atom. The standard InChI is InChI=1S/C10H8F3N3O3/c11-10(12,13)9(19)16(5-1-2-5)6-3-4-14-7(15-6)8(17)18/h3-5H,1-2H2,(H,17,18). The molecule has 0 spiro atoms. The van der Waals surface area contributed by atoms with Crippen LogP contribution in [0.5, 0.6) is 0 Å². The highest BCUT2D eigenvalue weighted by molar-refractivity contribution is 5.97. The molecule has 1 amide bonds. The smallest absolute Gasteiger partial charge is 0.471 e. The van der Waals surface area contributed by atoms with Crippen LogP contribution in [0.4, 0.5) is 19.0 Å².